The number of rotatable bonds is 5. The number of likely N-dealkylation sites (tertiary alicyclic amines) is 1. The van der Waals surface area contributed by atoms with Gasteiger partial charge >= 0.3 is 0 Å². The average molecular weight is 464 g/mol. The monoisotopic (exact) mass is 463 g/mol. The Bertz CT molecular complexity index is 1000. The third-order valence-electron chi connectivity index (χ3n) is 5.37. The summed E-state index contributed by atoms with van der Waals surface area (Å²) in [6, 6.07) is 13.3. The molecule has 0 saturated carbocycles. The predicted octanol–water partition coefficient (Wildman–Crippen LogP) is 5.99. The van der Waals surface area contributed by atoms with Crippen LogP contribution >= 0.6 is 24.8 Å². The van der Waals surface area contributed by atoms with Crippen molar-refractivity contribution in [1.29, 1.82) is 0 Å². The Morgan fingerprint density at radius 1 is 0.935 bits per heavy atom. The SMILES string of the molecule is Cl.Cl.Fc1ccc(-c2ncncc2CCN2CCC(=Cc3ccccc3F)CC2)cc1. The summed E-state index contributed by atoms with van der Waals surface area (Å²) in [6.45, 7) is 2.83. The lowest BCUT2D eigenvalue weighted by molar-refractivity contribution is 0.260. The zero-order valence-corrected chi connectivity index (χ0v) is 18.6. The Kier molecular flexibility index (Phi) is 9.56. The minimum absolute atomic E-state index is 0. The van der Waals surface area contributed by atoms with Gasteiger partial charge < -0.3 is 4.90 Å². The van der Waals surface area contributed by atoms with E-state index in [1.165, 1.54) is 30.1 Å². The average Bonchev–Trinajstić information content (AvgIpc) is 2.76. The zero-order valence-electron chi connectivity index (χ0n) is 17.0. The zero-order chi connectivity index (χ0) is 20.1. The smallest absolute Gasteiger partial charge is 0.130 e. The van der Waals surface area contributed by atoms with E-state index in [-0.39, 0.29) is 36.4 Å². The first-order chi connectivity index (χ1) is 14.2. The molecule has 0 N–H and O–H groups in total. The summed E-state index contributed by atoms with van der Waals surface area (Å²) in [6.07, 6.45) is 8.10. The second-order valence-electron chi connectivity index (χ2n) is 7.32. The normalized spacial score (nSPS) is 13.8. The highest BCUT2D eigenvalue weighted by molar-refractivity contribution is 5.85. The fraction of sp³-hybridized carbons (Fsp3) is 0.250. The molecule has 1 aromatic heterocycles. The maximum absolute atomic E-state index is 13.8. The summed E-state index contributed by atoms with van der Waals surface area (Å²) in [5.74, 6) is -0.420. The maximum atomic E-state index is 13.8. The summed E-state index contributed by atoms with van der Waals surface area (Å²) in [7, 11) is 0. The molecule has 7 heteroatoms. The van der Waals surface area contributed by atoms with Gasteiger partial charge in [-0.1, -0.05) is 29.8 Å². The van der Waals surface area contributed by atoms with Crippen molar-refractivity contribution in [3.63, 3.8) is 0 Å². The van der Waals surface area contributed by atoms with Gasteiger partial charge in [0.1, 0.15) is 18.0 Å². The molecule has 4 rings (SSSR count). The molecular weight excluding hydrogens is 439 g/mol. The van der Waals surface area contributed by atoms with E-state index in [4.69, 9.17) is 0 Å². The van der Waals surface area contributed by atoms with Gasteiger partial charge in [-0.25, -0.2) is 18.7 Å². The molecule has 0 amide bonds. The molecule has 1 aliphatic heterocycles. The number of halogens is 4. The maximum Gasteiger partial charge on any atom is 0.130 e. The van der Waals surface area contributed by atoms with Crippen LogP contribution in [0.5, 0.6) is 0 Å². The van der Waals surface area contributed by atoms with Crippen molar-refractivity contribution in [3.05, 3.63) is 89.4 Å². The van der Waals surface area contributed by atoms with Gasteiger partial charge in [0.05, 0.1) is 5.69 Å². The predicted molar refractivity (Wildman–Crippen MR) is 126 cm³/mol. The quantitative estimate of drug-likeness (QED) is 0.465. The van der Waals surface area contributed by atoms with Crippen LogP contribution in [0.2, 0.25) is 0 Å². The Hall–Kier alpha value is -2.34. The lowest BCUT2D eigenvalue weighted by Gasteiger charge is -2.28. The Balaban J connectivity index is 0.00000171. The molecule has 1 fully saturated rings. The van der Waals surface area contributed by atoms with Gasteiger partial charge in [-0.15, -0.1) is 24.8 Å². The molecule has 164 valence electrons. The van der Waals surface area contributed by atoms with E-state index in [1.807, 2.05) is 24.4 Å². The number of benzene rings is 2. The van der Waals surface area contributed by atoms with E-state index in [1.54, 1.807) is 18.2 Å². The standard InChI is InChI=1S/C24H23F2N3.2ClH/c25-22-7-5-19(6-8-22)24-21(16-27-17-28-24)11-14-29-12-9-18(10-13-29)15-20-3-1-2-4-23(20)26;;/h1-8,15-17H,9-14H2;2*1H. The molecule has 0 spiro atoms. The van der Waals surface area contributed by atoms with Gasteiger partial charge in [0.15, 0.2) is 0 Å². The Labute approximate surface area is 194 Å². The number of piperidine rings is 1. The van der Waals surface area contributed by atoms with Crippen molar-refractivity contribution >= 4 is 30.9 Å². The van der Waals surface area contributed by atoms with Gasteiger partial charge in [0, 0.05) is 37.0 Å². The lowest BCUT2D eigenvalue weighted by Crippen LogP contribution is -2.32. The van der Waals surface area contributed by atoms with Crippen LogP contribution in [0, 0.1) is 11.6 Å². The fourth-order valence-corrected chi connectivity index (χ4v) is 3.71. The van der Waals surface area contributed by atoms with Crippen molar-refractivity contribution < 1.29 is 8.78 Å². The summed E-state index contributed by atoms with van der Waals surface area (Å²) in [5.41, 5.74) is 4.78. The van der Waals surface area contributed by atoms with E-state index in [2.05, 4.69) is 14.9 Å². The third kappa shape index (κ3) is 6.57. The topological polar surface area (TPSA) is 29.0 Å². The number of aromatic nitrogens is 2. The van der Waals surface area contributed by atoms with E-state index in [0.29, 0.717) is 5.56 Å². The first-order valence-electron chi connectivity index (χ1n) is 9.90. The Morgan fingerprint density at radius 2 is 1.65 bits per heavy atom. The van der Waals surface area contributed by atoms with Crippen molar-refractivity contribution in [1.82, 2.24) is 14.9 Å². The minimum Gasteiger partial charge on any atom is -0.302 e. The Morgan fingerprint density at radius 3 is 2.35 bits per heavy atom. The van der Waals surface area contributed by atoms with Gasteiger partial charge in [-0.05, 0) is 55.2 Å². The van der Waals surface area contributed by atoms with E-state index >= 15 is 0 Å². The summed E-state index contributed by atoms with van der Waals surface area (Å²) in [4.78, 5) is 11.0. The van der Waals surface area contributed by atoms with Crippen LogP contribution < -0.4 is 0 Å². The summed E-state index contributed by atoms with van der Waals surface area (Å²) in [5, 5.41) is 0. The molecule has 0 bridgehead atoms. The molecule has 0 atom stereocenters. The summed E-state index contributed by atoms with van der Waals surface area (Å²) < 4.78 is 27.1. The molecule has 0 aliphatic carbocycles. The number of nitrogens with zero attached hydrogens (tertiary/aromatic N) is 3. The second kappa shape index (κ2) is 11.9. The fourth-order valence-electron chi connectivity index (χ4n) is 3.71. The van der Waals surface area contributed by atoms with Crippen LogP contribution in [0.15, 0.2) is 66.6 Å². The first-order valence-corrected chi connectivity index (χ1v) is 9.90. The van der Waals surface area contributed by atoms with E-state index in [9.17, 15) is 8.78 Å². The van der Waals surface area contributed by atoms with Gasteiger partial charge in [0.25, 0.3) is 0 Å². The van der Waals surface area contributed by atoms with Crippen LogP contribution in [-0.2, 0) is 6.42 Å². The molecule has 2 heterocycles. The van der Waals surface area contributed by atoms with Crippen molar-refractivity contribution in [2.45, 2.75) is 19.3 Å². The number of hydrogen-bond acceptors (Lipinski definition) is 3. The van der Waals surface area contributed by atoms with Crippen LogP contribution in [0.4, 0.5) is 8.78 Å². The molecule has 1 aliphatic rings. The third-order valence-corrected chi connectivity index (χ3v) is 5.37. The minimum atomic E-state index is -0.253. The second-order valence-corrected chi connectivity index (χ2v) is 7.32. The molecular formula is C24H25Cl2F2N3. The molecule has 0 unspecified atom stereocenters. The molecule has 2 aromatic carbocycles. The van der Waals surface area contributed by atoms with Gasteiger partial charge in [-0.2, -0.15) is 0 Å². The van der Waals surface area contributed by atoms with Gasteiger partial charge in [0.2, 0.25) is 0 Å². The first kappa shape index (κ1) is 24.9. The molecule has 3 aromatic rings. The lowest BCUT2D eigenvalue weighted by atomic mass is 10.00. The van der Waals surface area contributed by atoms with Crippen LogP contribution in [-0.4, -0.2) is 34.5 Å². The van der Waals surface area contributed by atoms with Crippen molar-refractivity contribution in [3.8, 4) is 11.3 Å². The molecule has 1 saturated heterocycles. The van der Waals surface area contributed by atoms with Crippen LogP contribution in [0.25, 0.3) is 17.3 Å². The van der Waals surface area contributed by atoms with Gasteiger partial charge in [-0.3, -0.25) is 0 Å². The summed E-state index contributed by atoms with van der Waals surface area (Å²) >= 11 is 0. The highest BCUT2D eigenvalue weighted by Crippen LogP contribution is 2.23. The van der Waals surface area contributed by atoms with Crippen LogP contribution in [0.1, 0.15) is 24.0 Å². The van der Waals surface area contributed by atoms with E-state index < -0.39 is 0 Å². The highest BCUT2D eigenvalue weighted by atomic mass is 35.5. The number of hydrogen-bond donors (Lipinski definition) is 0. The molecule has 31 heavy (non-hydrogen) atoms. The molecule has 3 nitrogen and oxygen atoms in total. The van der Waals surface area contributed by atoms with Crippen LogP contribution in [0.3, 0.4) is 0 Å². The van der Waals surface area contributed by atoms with E-state index in [0.717, 1.165) is 55.7 Å². The largest absolute Gasteiger partial charge is 0.302 e. The molecule has 0 radical (unpaired) electrons. The van der Waals surface area contributed by atoms with Crippen molar-refractivity contribution in [2.75, 3.05) is 19.6 Å². The highest BCUT2D eigenvalue weighted by Gasteiger charge is 2.15. The van der Waals surface area contributed by atoms with Crippen molar-refractivity contribution in [2.24, 2.45) is 0 Å².